The van der Waals surface area contributed by atoms with E-state index in [1.54, 1.807) is 6.08 Å². The number of allylic oxidation sites excluding steroid dienone is 1. The lowest BCUT2D eigenvalue weighted by molar-refractivity contribution is -0.111. The Kier molecular flexibility index (Phi) is 6.75. The highest BCUT2D eigenvalue weighted by Crippen LogP contribution is 2.22. The highest BCUT2D eigenvalue weighted by Gasteiger charge is 2.03. The fourth-order valence-electron chi connectivity index (χ4n) is 2.52. The Morgan fingerprint density at radius 1 is 0.964 bits per heavy atom. The average molecular weight is 438 g/mol. The molecule has 3 N–H and O–H groups in total. The van der Waals surface area contributed by atoms with Crippen LogP contribution >= 0.6 is 15.9 Å². The van der Waals surface area contributed by atoms with E-state index in [4.69, 9.17) is 0 Å². The van der Waals surface area contributed by atoms with E-state index in [0.29, 0.717) is 22.7 Å². The van der Waals surface area contributed by atoms with E-state index in [-0.39, 0.29) is 5.91 Å². The molecular weight excluding hydrogens is 418 g/mol. The second-order valence-corrected chi connectivity index (χ2v) is 6.68. The molecule has 2 aromatic carbocycles. The summed E-state index contributed by atoms with van der Waals surface area (Å²) in [6, 6.07) is 17.3. The molecule has 7 heteroatoms. The monoisotopic (exact) mass is 437 g/mol. The van der Waals surface area contributed by atoms with Gasteiger partial charge in [-0.2, -0.15) is 0 Å². The Morgan fingerprint density at radius 3 is 2.29 bits per heavy atom. The van der Waals surface area contributed by atoms with Gasteiger partial charge in [-0.05, 0) is 42.8 Å². The number of carbonyl (C=O) groups is 1. The molecule has 0 saturated heterocycles. The van der Waals surface area contributed by atoms with Gasteiger partial charge < -0.3 is 16.0 Å². The van der Waals surface area contributed by atoms with Crippen LogP contribution in [0.5, 0.6) is 0 Å². The maximum atomic E-state index is 11.8. The van der Waals surface area contributed by atoms with Crippen molar-refractivity contribution in [3.05, 3.63) is 78.6 Å². The van der Waals surface area contributed by atoms with Crippen molar-refractivity contribution in [2.75, 3.05) is 21.3 Å². The molecule has 0 aliphatic heterocycles. The van der Waals surface area contributed by atoms with Gasteiger partial charge in [-0.15, -0.1) is 0 Å². The maximum Gasteiger partial charge on any atom is 0.248 e. The topological polar surface area (TPSA) is 78.9 Å². The quantitative estimate of drug-likeness (QED) is 0.351. The molecule has 0 aliphatic rings. The normalized spacial score (nSPS) is 10.6. The van der Waals surface area contributed by atoms with E-state index in [1.165, 1.54) is 18.0 Å². The Bertz CT molecular complexity index is 990. The van der Waals surface area contributed by atoms with Gasteiger partial charge in [-0.1, -0.05) is 40.2 Å². The lowest BCUT2D eigenvalue weighted by Crippen LogP contribution is -2.08. The Balaban J connectivity index is 1.69. The molecular formula is C21H20BrN5O. The number of carbonyl (C=O) groups excluding carboxylic acids is 1. The molecule has 0 atom stereocenters. The van der Waals surface area contributed by atoms with Crippen LogP contribution < -0.4 is 16.0 Å². The Labute approximate surface area is 172 Å². The summed E-state index contributed by atoms with van der Waals surface area (Å²) in [6.45, 7) is 2.04. The van der Waals surface area contributed by atoms with E-state index in [2.05, 4.69) is 41.8 Å². The van der Waals surface area contributed by atoms with Crippen molar-refractivity contribution in [1.82, 2.24) is 9.97 Å². The summed E-state index contributed by atoms with van der Waals surface area (Å²) >= 11 is 3.25. The number of amides is 1. The number of aromatic nitrogens is 2. The minimum absolute atomic E-state index is 0.178. The molecule has 1 heterocycles. The van der Waals surface area contributed by atoms with Crippen LogP contribution in [0.2, 0.25) is 0 Å². The minimum Gasteiger partial charge on any atom is -0.340 e. The molecule has 0 fully saturated rings. The van der Waals surface area contributed by atoms with E-state index < -0.39 is 0 Å². The highest BCUT2D eigenvalue weighted by molar-refractivity contribution is 9.09. The third kappa shape index (κ3) is 5.92. The zero-order valence-corrected chi connectivity index (χ0v) is 16.9. The van der Waals surface area contributed by atoms with E-state index >= 15 is 0 Å². The summed E-state index contributed by atoms with van der Waals surface area (Å²) in [7, 11) is 0. The van der Waals surface area contributed by atoms with Crippen LogP contribution in [0.3, 0.4) is 0 Å². The standard InChI is InChI=1S/C21H20BrN5O/c1-15-5-2-6-16(11-15)25-19-13-20(24-14-23-19)26-17-7-3-8-18(12-17)27-21(28)9-4-10-22/h2-9,11-14H,10H2,1H3,(H,27,28)(H2,23,24,25,26)/b9-4+. The summed E-state index contributed by atoms with van der Waals surface area (Å²) in [5.41, 5.74) is 3.64. The smallest absolute Gasteiger partial charge is 0.248 e. The minimum atomic E-state index is -0.178. The van der Waals surface area contributed by atoms with Gasteiger partial charge in [0.05, 0.1) is 0 Å². The summed E-state index contributed by atoms with van der Waals surface area (Å²) in [4.78, 5) is 20.3. The third-order valence-electron chi connectivity index (χ3n) is 3.72. The van der Waals surface area contributed by atoms with Gasteiger partial charge in [0.1, 0.15) is 18.0 Å². The van der Waals surface area contributed by atoms with Crippen LogP contribution in [0, 0.1) is 6.92 Å². The summed E-state index contributed by atoms with van der Waals surface area (Å²) < 4.78 is 0. The van der Waals surface area contributed by atoms with Crippen LogP contribution in [0.4, 0.5) is 28.7 Å². The van der Waals surface area contributed by atoms with Gasteiger partial charge >= 0.3 is 0 Å². The van der Waals surface area contributed by atoms with Crippen LogP contribution in [0.1, 0.15) is 5.56 Å². The van der Waals surface area contributed by atoms with Crippen LogP contribution in [-0.2, 0) is 4.79 Å². The fraction of sp³-hybridized carbons (Fsp3) is 0.0952. The summed E-state index contributed by atoms with van der Waals surface area (Å²) in [5, 5.41) is 9.95. The SMILES string of the molecule is Cc1cccc(Nc2cc(Nc3cccc(NC(=O)/C=C/CBr)c3)ncn2)c1. The Hall–Kier alpha value is -3.19. The molecule has 3 rings (SSSR count). The molecule has 0 bridgehead atoms. The van der Waals surface area contributed by atoms with Crippen molar-refractivity contribution < 1.29 is 4.79 Å². The second-order valence-electron chi connectivity index (χ2n) is 6.03. The van der Waals surface area contributed by atoms with Crippen LogP contribution in [0.25, 0.3) is 0 Å². The van der Waals surface area contributed by atoms with Crippen molar-refractivity contribution in [2.24, 2.45) is 0 Å². The van der Waals surface area contributed by atoms with Crippen molar-refractivity contribution in [1.29, 1.82) is 0 Å². The first-order valence-electron chi connectivity index (χ1n) is 8.69. The van der Waals surface area contributed by atoms with Gasteiger partial charge in [-0.25, -0.2) is 9.97 Å². The number of alkyl halides is 1. The van der Waals surface area contributed by atoms with Crippen LogP contribution in [-0.4, -0.2) is 21.2 Å². The predicted molar refractivity (Wildman–Crippen MR) is 118 cm³/mol. The summed E-state index contributed by atoms with van der Waals surface area (Å²) in [6.07, 6.45) is 4.72. The highest BCUT2D eigenvalue weighted by atomic mass is 79.9. The number of rotatable bonds is 7. The predicted octanol–water partition coefficient (Wildman–Crippen LogP) is 5.16. The van der Waals surface area contributed by atoms with Gasteiger partial charge in [-0.3, -0.25) is 4.79 Å². The van der Waals surface area contributed by atoms with Crippen molar-refractivity contribution in [3.8, 4) is 0 Å². The first-order valence-corrected chi connectivity index (χ1v) is 9.81. The number of hydrogen-bond acceptors (Lipinski definition) is 5. The number of nitrogens with zero attached hydrogens (tertiary/aromatic N) is 2. The number of benzene rings is 2. The number of nitrogens with one attached hydrogen (secondary N) is 3. The number of halogens is 1. The molecule has 0 unspecified atom stereocenters. The van der Waals surface area contributed by atoms with E-state index in [9.17, 15) is 4.79 Å². The molecule has 28 heavy (non-hydrogen) atoms. The lowest BCUT2D eigenvalue weighted by atomic mass is 10.2. The third-order valence-corrected chi connectivity index (χ3v) is 4.09. The molecule has 6 nitrogen and oxygen atoms in total. The molecule has 0 aliphatic carbocycles. The average Bonchev–Trinajstić information content (AvgIpc) is 2.67. The van der Waals surface area contributed by atoms with Gasteiger partial charge in [0.15, 0.2) is 0 Å². The van der Waals surface area contributed by atoms with E-state index in [1.807, 2.05) is 61.5 Å². The van der Waals surface area contributed by atoms with Gasteiger partial charge in [0.2, 0.25) is 5.91 Å². The zero-order valence-electron chi connectivity index (χ0n) is 15.3. The molecule has 1 amide bonds. The van der Waals surface area contributed by atoms with Crippen LogP contribution in [0.15, 0.2) is 73.1 Å². The first kappa shape index (κ1) is 19.6. The maximum absolute atomic E-state index is 11.8. The molecule has 0 spiro atoms. The molecule has 142 valence electrons. The summed E-state index contributed by atoms with van der Waals surface area (Å²) in [5.74, 6) is 1.16. The second kappa shape index (κ2) is 9.66. The number of anilines is 5. The zero-order chi connectivity index (χ0) is 19.8. The van der Waals surface area contributed by atoms with Crippen molar-refractivity contribution in [3.63, 3.8) is 0 Å². The molecule has 3 aromatic rings. The van der Waals surface area contributed by atoms with E-state index in [0.717, 1.165) is 11.4 Å². The van der Waals surface area contributed by atoms with Crippen molar-refractivity contribution >= 4 is 50.5 Å². The lowest BCUT2D eigenvalue weighted by Gasteiger charge is -2.10. The molecule has 0 saturated carbocycles. The van der Waals surface area contributed by atoms with Gasteiger partial charge in [0.25, 0.3) is 0 Å². The number of hydrogen-bond donors (Lipinski definition) is 3. The molecule has 0 radical (unpaired) electrons. The fourth-order valence-corrected chi connectivity index (χ4v) is 2.71. The van der Waals surface area contributed by atoms with Crippen molar-refractivity contribution in [2.45, 2.75) is 6.92 Å². The molecule has 1 aromatic heterocycles. The number of aryl methyl sites for hydroxylation is 1. The largest absolute Gasteiger partial charge is 0.340 e. The Morgan fingerprint density at radius 2 is 1.61 bits per heavy atom. The first-order chi connectivity index (χ1) is 13.6. The van der Waals surface area contributed by atoms with Gasteiger partial charge in [0, 0.05) is 34.5 Å².